The molecular formula is C28H32N2O3S. The van der Waals surface area contributed by atoms with Crippen molar-refractivity contribution in [1.82, 2.24) is 0 Å². The molecule has 1 atom stereocenters. The fraction of sp³-hybridized carbons (Fsp3) is 0.500. The highest BCUT2D eigenvalue weighted by atomic mass is 32.2. The van der Waals surface area contributed by atoms with Gasteiger partial charge in [0, 0.05) is 11.4 Å². The molecule has 1 aliphatic heterocycles. The van der Waals surface area contributed by atoms with E-state index >= 15 is 0 Å². The van der Waals surface area contributed by atoms with Crippen LogP contribution in [0.5, 0.6) is 5.75 Å². The van der Waals surface area contributed by atoms with Gasteiger partial charge in [-0.25, -0.2) is 0 Å². The summed E-state index contributed by atoms with van der Waals surface area (Å²) in [6, 6.07) is 15.8. The minimum atomic E-state index is -0.147. The molecule has 0 aromatic heterocycles. The standard InChI is InChI=1S/C28H32N2O3S/c1-2-33-24-9-7-23(8-10-24)30-25(31)17-34-26(30)21-3-5-22(6-4-21)29-27(32)28-14-18-11-19(15-28)13-20(12-18)16-28/h3-10,18-20,26H,2,11-17H2,1H3,(H,29,32)/t18?,19?,20?,26-,28?/m1/s1. The van der Waals surface area contributed by atoms with E-state index in [1.54, 1.807) is 11.8 Å². The number of hydrogen-bond acceptors (Lipinski definition) is 4. The molecule has 7 rings (SSSR count). The molecule has 4 saturated carbocycles. The summed E-state index contributed by atoms with van der Waals surface area (Å²) in [5.74, 6) is 3.86. The van der Waals surface area contributed by atoms with Crippen LogP contribution in [0.25, 0.3) is 0 Å². The third-order valence-corrected chi connectivity index (χ3v) is 9.48. The molecular weight excluding hydrogens is 444 g/mol. The molecule has 2 aromatic rings. The number of ether oxygens (including phenoxy) is 1. The van der Waals surface area contributed by atoms with E-state index in [0.29, 0.717) is 12.4 Å². The van der Waals surface area contributed by atoms with Crippen molar-refractivity contribution in [3.05, 3.63) is 54.1 Å². The summed E-state index contributed by atoms with van der Waals surface area (Å²) in [6.07, 6.45) is 7.22. The fourth-order valence-corrected chi connectivity index (χ4v) is 8.38. The number of amides is 2. The van der Waals surface area contributed by atoms with Gasteiger partial charge in [0.05, 0.1) is 17.8 Å². The van der Waals surface area contributed by atoms with Crippen LogP contribution in [-0.2, 0) is 9.59 Å². The topological polar surface area (TPSA) is 58.6 Å². The Morgan fingerprint density at radius 3 is 2.21 bits per heavy atom. The Balaban J connectivity index is 1.16. The molecule has 1 saturated heterocycles. The van der Waals surface area contributed by atoms with Gasteiger partial charge in [-0.1, -0.05) is 12.1 Å². The lowest BCUT2D eigenvalue weighted by atomic mass is 9.49. The molecule has 5 fully saturated rings. The van der Waals surface area contributed by atoms with Crippen LogP contribution in [0.4, 0.5) is 11.4 Å². The predicted molar refractivity (Wildman–Crippen MR) is 136 cm³/mol. The van der Waals surface area contributed by atoms with Crippen molar-refractivity contribution in [1.29, 1.82) is 0 Å². The summed E-state index contributed by atoms with van der Waals surface area (Å²) in [5, 5.41) is 3.18. The molecule has 1 N–H and O–H groups in total. The van der Waals surface area contributed by atoms with Gasteiger partial charge in [-0.2, -0.15) is 0 Å². The number of rotatable bonds is 6. The van der Waals surface area contributed by atoms with E-state index in [-0.39, 0.29) is 22.6 Å². The van der Waals surface area contributed by atoms with Gasteiger partial charge in [0.1, 0.15) is 11.1 Å². The summed E-state index contributed by atoms with van der Waals surface area (Å²) in [7, 11) is 0. The lowest BCUT2D eigenvalue weighted by molar-refractivity contribution is -0.140. The Labute approximate surface area is 205 Å². The van der Waals surface area contributed by atoms with E-state index in [1.165, 1.54) is 19.3 Å². The SMILES string of the molecule is CCOc1ccc(N2C(=O)CS[C@@H]2c2ccc(NC(=O)C34CC5CC(CC(C5)C3)C4)cc2)cc1. The largest absolute Gasteiger partial charge is 0.494 e. The monoisotopic (exact) mass is 476 g/mol. The van der Waals surface area contributed by atoms with E-state index in [9.17, 15) is 9.59 Å². The molecule has 0 unspecified atom stereocenters. The average molecular weight is 477 g/mol. The summed E-state index contributed by atoms with van der Waals surface area (Å²) in [6.45, 7) is 2.58. The maximum absolute atomic E-state index is 13.4. The van der Waals surface area contributed by atoms with Crippen LogP contribution in [0.2, 0.25) is 0 Å². The maximum atomic E-state index is 13.4. The van der Waals surface area contributed by atoms with Gasteiger partial charge in [0.15, 0.2) is 0 Å². The van der Waals surface area contributed by atoms with E-state index in [0.717, 1.165) is 59.7 Å². The van der Waals surface area contributed by atoms with Gasteiger partial charge in [0.2, 0.25) is 11.8 Å². The summed E-state index contributed by atoms with van der Waals surface area (Å²) < 4.78 is 5.54. The normalized spacial score (nSPS) is 31.7. The number of hydrogen-bond donors (Lipinski definition) is 1. The minimum absolute atomic E-state index is 0.0710. The van der Waals surface area contributed by atoms with Crippen LogP contribution in [-0.4, -0.2) is 24.2 Å². The lowest BCUT2D eigenvalue weighted by Gasteiger charge is -2.55. The minimum Gasteiger partial charge on any atom is -0.494 e. The third-order valence-electron chi connectivity index (χ3n) is 8.27. The molecule has 2 aromatic carbocycles. The highest BCUT2D eigenvalue weighted by Crippen LogP contribution is 2.60. The van der Waals surface area contributed by atoms with Crippen LogP contribution >= 0.6 is 11.8 Å². The molecule has 0 spiro atoms. The second kappa shape index (κ2) is 8.63. The third kappa shape index (κ3) is 3.90. The second-order valence-corrected chi connectivity index (χ2v) is 11.7. The van der Waals surface area contributed by atoms with Gasteiger partial charge in [-0.15, -0.1) is 11.8 Å². The number of thioether (sulfide) groups is 1. The molecule has 178 valence electrons. The number of carbonyl (C=O) groups is 2. The molecule has 2 amide bonds. The molecule has 6 heteroatoms. The molecule has 34 heavy (non-hydrogen) atoms. The molecule has 0 radical (unpaired) electrons. The quantitative estimate of drug-likeness (QED) is 0.554. The van der Waals surface area contributed by atoms with Crippen molar-refractivity contribution in [2.24, 2.45) is 23.2 Å². The average Bonchev–Trinajstić information content (AvgIpc) is 3.21. The number of anilines is 2. The van der Waals surface area contributed by atoms with Gasteiger partial charge < -0.3 is 10.1 Å². The first-order valence-corrected chi connectivity index (χ1v) is 13.7. The highest BCUT2D eigenvalue weighted by molar-refractivity contribution is 8.00. The first-order chi connectivity index (χ1) is 16.5. The van der Waals surface area contributed by atoms with Crippen LogP contribution < -0.4 is 15.0 Å². The zero-order valence-electron chi connectivity index (χ0n) is 19.7. The van der Waals surface area contributed by atoms with Crippen molar-refractivity contribution >= 4 is 35.0 Å². The number of carbonyl (C=O) groups excluding carboxylic acids is 2. The van der Waals surface area contributed by atoms with E-state index in [1.807, 2.05) is 60.4 Å². The Morgan fingerprint density at radius 1 is 1.00 bits per heavy atom. The Kier molecular flexibility index (Phi) is 5.59. The molecule has 1 heterocycles. The van der Waals surface area contributed by atoms with Crippen molar-refractivity contribution in [3.8, 4) is 5.75 Å². The molecule has 4 bridgehead atoms. The van der Waals surface area contributed by atoms with Crippen LogP contribution in [0.3, 0.4) is 0 Å². The van der Waals surface area contributed by atoms with E-state index < -0.39 is 0 Å². The van der Waals surface area contributed by atoms with Crippen molar-refractivity contribution < 1.29 is 14.3 Å². The summed E-state index contributed by atoms with van der Waals surface area (Å²) in [4.78, 5) is 28.0. The number of nitrogens with zero attached hydrogens (tertiary/aromatic N) is 1. The van der Waals surface area contributed by atoms with E-state index in [4.69, 9.17) is 4.74 Å². The molecule has 5 nitrogen and oxygen atoms in total. The second-order valence-electron chi connectivity index (χ2n) is 10.6. The smallest absolute Gasteiger partial charge is 0.238 e. The van der Waals surface area contributed by atoms with E-state index in [2.05, 4.69) is 5.32 Å². The predicted octanol–water partition coefficient (Wildman–Crippen LogP) is 6.02. The fourth-order valence-electron chi connectivity index (χ4n) is 7.20. The molecule has 4 aliphatic carbocycles. The van der Waals surface area contributed by atoms with Crippen LogP contribution in [0.1, 0.15) is 56.4 Å². The van der Waals surface area contributed by atoms with Crippen LogP contribution in [0, 0.1) is 23.2 Å². The van der Waals surface area contributed by atoms with Crippen molar-refractivity contribution in [3.63, 3.8) is 0 Å². The van der Waals surface area contributed by atoms with Crippen LogP contribution in [0.15, 0.2) is 48.5 Å². The van der Waals surface area contributed by atoms with Gasteiger partial charge in [-0.3, -0.25) is 14.5 Å². The van der Waals surface area contributed by atoms with Crippen molar-refractivity contribution in [2.75, 3.05) is 22.6 Å². The van der Waals surface area contributed by atoms with Gasteiger partial charge >= 0.3 is 0 Å². The Morgan fingerprint density at radius 2 is 1.62 bits per heavy atom. The maximum Gasteiger partial charge on any atom is 0.238 e. The number of benzene rings is 2. The Bertz CT molecular complexity index is 1050. The first-order valence-electron chi connectivity index (χ1n) is 12.6. The molecule has 5 aliphatic rings. The van der Waals surface area contributed by atoms with Crippen molar-refractivity contribution in [2.45, 2.75) is 50.8 Å². The number of nitrogens with one attached hydrogen (secondary N) is 1. The van der Waals surface area contributed by atoms with Gasteiger partial charge in [-0.05, 0) is 105 Å². The zero-order valence-corrected chi connectivity index (χ0v) is 20.5. The summed E-state index contributed by atoms with van der Waals surface area (Å²) >= 11 is 1.64. The zero-order chi connectivity index (χ0) is 23.3. The summed E-state index contributed by atoms with van der Waals surface area (Å²) in [5.41, 5.74) is 2.65. The van der Waals surface area contributed by atoms with Gasteiger partial charge in [0.25, 0.3) is 0 Å². The Hall–Kier alpha value is -2.47. The lowest BCUT2D eigenvalue weighted by Crippen LogP contribution is -2.51. The first kappa shape index (κ1) is 22.0. The highest BCUT2D eigenvalue weighted by Gasteiger charge is 2.54.